The molecule has 3 amide bonds. The van der Waals surface area contributed by atoms with Crippen LogP contribution < -0.4 is 15.6 Å². The van der Waals surface area contributed by atoms with Crippen LogP contribution in [-0.4, -0.2) is 28.9 Å². The highest BCUT2D eigenvalue weighted by atomic mass is 16.2. The van der Waals surface area contributed by atoms with Crippen LogP contribution in [0.25, 0.3) is 0 Å². The third kappa shape index (κ3) is 4.53. The van der Waals surface area contributed by atoms with Gasteiger partial charge in [-0.3, -0.25) is 24.5 Å². The van der Waals surface area contributed by atoms with Crippen LogP contribution in [0.4, 0.5) is 11.4 Å². The van der Waals surface area contributed by atoms with Gasteiger partial charge < -0.3 is 10.2 Å². The number of nitrogens with zero attached hydrogens (tertiary/aromatic N) is 2. The molecule has 2 N–H and O–H groups in total. The van der Waals surface area contributed by atoms with Gasteiger partial charge in [-0.2, -0.15) is 0 Å². The van der Waals surface area contributed by atoms with Gasteiger partial charge in [0, 0.05) is 41.3 Å². The van der Waals surface area contributed by atoms with E-state index >= 15 is 0 Å². The number of nitrogens with one attached hydrogen (secondary N) is 2. The molecule has 33 heavy (non-hydrogen) atoms. The molecule has 4 rings (SSSR count). The van der Waals surface area contributed by atoms with Crippen molar-refractivity contribution < 1.29 is 14.4 Å². The van der Waals surface area contributed by atoms with Crippen LogP contribution >= 0.6 is 0 Å². The molecule has 7 nitrogen and oxygen atoms in total. The van der Waals surface area contributed by atoms with E-state index in [2.05, 4.69) is 10.7 Å². The fourth-order valence-corrected chi connectivity index (χ4v) is 4.29. The number of para-hydroxylation sites is 1. The number of carbonyl (C=O) groups excluding carboxylic acids is 3. The smallest absolute Gasteiger partial charge is 0.270 e. The number of rotatable bonds is 5. The molecule has 1 fully saturated rings. The molecule has 3 aromatic rings. The molecular weight excluding hydrogens is 416 g/mol. The number of aromatic nitrogens is 1. The summed E-state index contributed by atoms with van der Waals surface area (Å²) in [6.45, 7) is 8.13. The highest BCUT2D eigenvalue weighted by Crippen LogP contribution is 2.31. The fourth-order valence-electron chi connectivity index (χ4n) is 4.29. The van der Waals surface area contributed by atoms with Crippen molar-refractivity contribution in [3.05, 3.63) is 82.7 Å². The van der Waals surface area contributed by atoms with Crippen molar-refractivity contribution in [3.8, 4) is 0 Å². The second-order valence-electron chi connectivity index (χ2n) is 8.60. The number of amides is 3. The zero-order valence-electron chi connectivity index (χ0n) is 19.3. The lowest BCUT2D eigenvalue weighted by Crippen LogP contribution is -2.29. The van der Waals surface area contributed by atoms with Gasteiger partial charge in [0.15, 0.2) is 0 Å². The van der Waals surface area contributed by atoms with Crippen LogP contribution in [0.3, 0.4) is 0 Å². The number of benzene rings is 2. The summed E-state index contributed by atoms with van der Waals surface area (Å²) < 4.78 is 1.73. The average molecular weight is 445 g/mol. The molecule has 0 bridgehead atoms. The molecule has 1 aromatic heterocycles. The van der Waals surface area contributed by atoms with E-state index in [1.54, 1.807) is 33.8 Å². The van der Waals surface area contributed by atoms with Crippen molar-refractivity contribution in [1.29, 1.82) is 0 Å². The second kappa shape index (κ2) is 8.94. The third-order valence-corrected chi connectivity index (χ3v) is 6.10. The Kier molecular flexibility index (Phi) is 6.05. The summed E-state index contributed by atoms with van der Waals surface area (Å²) in [6, 6.07) is 16.5. The van der Waals surface area contributed by atoms with Gasteiger partial charge in [-0.05, 0) is 75.2 Å². The first-order valence-electron chi connectivity index (χ1n) is 11.0. The Balaban J connectivity index is 1.40. The lowest BCUT2D eigenvalue weighted by atomic mass is 10.1. The molecule has 2 heterocycles. The zero-order chi connectivity index (χ0) is 23.7. The summed E-state index contributed by atoms with van der Waals surface area (Å²) in [4.78, 5) is 39.8. The van der Waals surface area contributed by atoms with Crippen LogP contribution in [0.1, 0.15) is 39.3 Å². The molecule has 0 aliphatic carbocycles. The number of hydrogen-bond donors (Lipinski definition) is 2. The Morgan fingerprint density at radius 2 is 1.48 bits per heavy atom. The molecule has 0 unspecified atom stereocenters. The predicted molar refractivity (Wildman–Crippen MR) is 129 cm³/mol. The van der Waals surface area contributed by atoms with Crippen molar-refractivity contribution in [2.24, 2.45) is 5.92 Å². The van der Waals surface area contributed by atoms with E-state index in [1.165, 1.54) is 0 Å². The number of anilines is 2. The molecule has 1 aliphatic rings. The maximum absolute atomic E-state index is 12.8. The zero-order valence-corrected chi connectivity index (χ0v) is 19.3. The third-order valence-electron chi connectivity index (χ3n) is 6.10. The van der Waals surface area contributed by atoms with Gasteiger partial charge in [0.1, 0.15) is 0 Å². The summed E-state index contributed by atoms with van der Waals surface area (Å²) >= 11 is 0. The lowest BCUT2D eigenvalue weighted by Gasteiger charge is -2.21. The predicted octanol–water partition coefficient (Wildman–Crippen LogP) is 4.10. The normalized spacial score (nSPS) is 15.6. The Morgan fingerprint density at radius 3 is 2.09 bits per heavy atom. The molecule has 0 radical (unpaired) electrons. The highest BCUT2D eigenvalue weighted by molar-refractivity contribution is 6.04. The SMILES string of the molecule is Cc1cccc(C)c1N1C[C@H](C(=O)Nc2ccc(C(=O)Nn3c(C)ccc3C)cc2)CC1=O. The van der Waals surface area contributed by atoms with E-state index in [-0.39, 0.29) is 24.1 Å². The van der Waals surface area contributed by atoms with Crippen LogP contribution in [0.15, 0.2) is 54.6 Å². The van der Waals surface area contributed by atoms with Gasteiger partial charge in [0.25, 0.3) is 5.91 Å². The molecule has 0 saturated carbocycles. The van der Waals surface area contributed by atoms with E-state index in [0.717, 1.165) is 28.2 Å². The summed E-state index contributed by atoms with van der Waals surface area (Å²) in [7, 11) is 0. The van der Waals surface area contributed by atoms with E-state index in [1.807, 2.05) is 58.0 Å². The molecular formula is C26H28N4O3. The molecule has 1 saturated heterocycles. The minimum Gasteiger partial charge on any atom is -0.326 e. The van der Waals surface area contributed by atoms with Gasteiger partial charge in [0.2, 0.25) is 11.8 Å². The van der Waals surface area contributed by atoms with Crippen molar-refractivity contribution in [3.63, 3.8) is 0 Å². The molecule has 170 valence electrons. The van der Waals surface area contributed by atoms with Crippen LogP contribution in [0.5, 0.6) is 0 Å². The second-order valence-corrected chi connectivity index (χ2v) is 8.60. The van der Waals surface area contributed by atoms with Gasteiger partial charge in [-0.1, -0.05) is 18.2 Å². The van der Waals surface area contributed by atoms with E-state index < -0.39 is 5.92 Å². The first kappa shape index (κ1) is 22.3. The highest BCUT2D eigenvalue weighted by Gasteiger charge is 2.36. The average Bonchev–Trinajstić information content (AvgIpc) is 3.31. The number of aryl methyl sites for hydroxylation is 4. The Morgan fingerprint density at radius 1 is 0.879 bits per heavy atom. The van der Waals surface area contributed by atoms with Crippen LogP contribution in [0, 0.1) is 33.6 Å². The van der Waals surface area contributed by atoms with E-state index in [9.17, 15) is 14.4 Å². The van der Waals surface area contributed by atoms with Gasteiger partial charge >= 0.3 is 0 Å². The van der Waals surface area contributed by atoms with Gasteiger partial charge in [0.05, 0.1) is 5.92 Å². The summed E-state index contributed by atoms with van der Waals surface area (Å²) in [6.07, 6.45) is 0.176. The number of carbonyl (C=O) groups is 3. The largest absolute Gasteiger partial charge is 0.326 e. The molecule has 2 aromatic carbocycles. The van der Waals surface area contributed by atoms with Gasteiger partial charge in [-0.25, -0.2) is 0 Å². The van der Waals surface area contributed by atoms with Crippen molar-refractivity contribution in [2.45, 2.75) is 34.1 Å². The van der Waals surface area contributed by atoms with E-state index in [4.69, 9.17) is 0 Å². The molecule has 7 heteroatoms. The summed E-state index contributed by atoms with van der Waals surface area (Å²) in [5.41, 5.74) is 8.73. The molecule has 1 atom stereocenters. The quantitative estimate of drug-likeness (QED) is 0.622. The maximum Gasteiger partial charge on any atom is 0.270 e. The van der Waals surface area contributed by atoms with Crippen LogP contribution in [0.2, 0.25) is 0 Å². The van der Waals surface area contributed by atoms with Crippen molar-refractivity contribution in [1.82, 2.24) is 4.68 Å². The van der Waals surface area contributed by atoms with Gasteiger partial charge in [-0.15, -0.1) is 0 Å². The van der Waals surface area contributed by atoms with Crippen LogP contribution in [-0.2, 0) is 9.59 Å². The molecule has 1 aliphatic heterocycles. The Bertz CT molecular complexity index is 1190. The lowest BCUT2D eigenvalue weighted by molar-refractivity contribution is -0.122. The summed E-state index contributed by atoms with van der Waals surface area (Å²) in [5.74, 6) is -0.914. The summed E-state index contributed by atoms with van der Waals surface area (Å²) in [5, 5.41) is 2.88. The first-order valence-corrected chi connectivity index (χ1v) is 11.0. The Hall–Kier alpha value is -3.87. The minimum atomic E-state index is -0.431. The number of hydrogen-bond acceptors (Lipinski definition) is 3. The first-order chi connectivity index (χ1) is 15.7. The monoisotopic (exact) mass is 444 g/mol. The fraction of sp³-hybridized carbons (Fsp3) is 0.269. The van der Waals surface area contributed by atoms with Crippen molar-refractivity contribution in [2.75, 3.05) is 22.2 Å². The standard InChI is InChI=1S/C26H28N4O3/c1-16-6-5-7-17(2)24(16)29-15-21(14-23(29)31)25(32)27-22-12-10-20(11-13-22)26(33)28-30-18(3)8-9-19(30)4/h5-13,21H,14-15H2,1-4H3,(H,27,32)(H,28,33)/t21-/m1/s1. The minimum absolute atomic E-state index is 0.0461. The maximum atomic E-state index is 12.8. The topological polar surface area (TPSA) is 83.4 Å². The van der Waals surface area contributed by atoms with E-state index in [0.29, 0.717) is 17.8 Å². The Labute approximate surface area is 193 Å². The molecule has 0 spiro atoms. The van der Waals surface area contributed by atoms with Crippen molar-refractivity contribution >= 4 is 29.1 Å².